The van der Waals surface area contributed by atoms with E-state index >= 15 is 0 Å². The Kier molecular flexibility index (Phi) is 10.6. The van der Waals surface area contributed by atoms with Crippen LogP contribution < -0.4 is 14.8 Å². The highest BCUT2D eigenvalue weighted by atomic mass is 16.5. The highest BCUT2D eigenvalue weighted by Crippen LogP contribution is 2.25. The lowest BCUT2D eigenvalue weighted by atomic mass is 10.2. The van der Waals surface area contributed by atoms with Crippen LogP contribution in [0, 0.1) is 0 Å². The van der Waals surface area contributed by atoms with Crippen molar-refractivity contribution in [1.29, 1.82) is 0 Å². The average molecular weight is 379 g/mol. The molecule has 0 bridgehead atoms. The number of nitrogens with zero attached hydrogens (tertiary/aromatic N) is 3. The Balaban J connectivity index is 2.65. The van der Waals surface area contributed by atoms with Gasteiger partial charge in [0.05, 0.1) is 14.2 Å². The molecule has 0 saturated carbocycles. The van der Waals surface area contributed by atoms with Crippen molar-refractivity contribution in [1.82, 2.24) is 15.1 Å². The van der Waals surface area contributed by atoms with Gasteiger partial charge in [-0.2, -0.15) is 0 Å². The van der Waals surface area contributed by atoms with Crippen LogP contribution in [-0.2, 0) is 6.54 Å². The van der Waals surface area contributed by atoms with Crippen molar-refractivity contribution >= 4 is 5.96 Å². The average Bonchev–Trinajstić information content (AvgIpc) is 2.66. The molecule has 0 radical (unpaired) electrons. The third-order valence-corrected chi connectivity index (χ3v) is 4.66. The monoisotopic (exact) mass is 378 g/mol. The molecule has 0 heterocycles. The predicted octanol–water partition coefficient (Wildman–Crippen LogP) is 3.22. The molecule has 0 atom stereocenters. The van der Waals surface area contributed by atoms with Gasteiger partial charge in [0.2, 0.25) is 0 Å². The number of ether oxygens (including phenoxy) is 2. The fourth-order valence-electron chi connectivity index (χ4n) is 2.70. The molecule has 1 aromatic rings. The molecule has 0 aliphatic carbocycles. The second-order valence-electron chi connectivity index (χ2n) is 7.05. The van der Waals surface area contributed by atoms with Crippen LogP contribution in [0.1, 0.15) is 39.2 Å². The van der Waals surface area contributed by atoms with Gasteiger partial charge in [0.1, 0.15) is 11.5 Å². The summed E-state index contributed by atoms with van der Waals surface area (Å²) in [4.78, 5) is 9.29. The largest absolute Gasteiger partial charge is 0.497 e. The third kappa shape index (κ3) is 8.08. The first-order chi connectivity index (χ1) is 12.9. The zero-order valence-electron chi connectivity index (χ0n) is 18.2. The van der Waals surface area contributed by atoms with Crippen molar-refractivity contribution in [3.05, 3.63) is 23.8 Å². The van der Waals surface area contributed by atoms with Gasteiger partial charge in [0.25, 0.3) is 0 Å². The molecule has 0 aliphatic rings. The summed E-state index contributed by atoms with van der Waals surface area (Å²) < 4.78 is 10.8. The quantitative estimate of drug-likeness (QED) is 0.364. The second kappa shape index (κ2) is 12.4. The summed E-state index contributed by atoms with van der Waals surface area (Å²) in [6, 6.07) is 6.51. The zero-order valence-corrected chi connectivity index (χ0v) is 18.2. The van der Waals surface area contributed by atoms with E-state index < -0.39 is 0 Å². The Morgan fingerprint density at radius 2 is 1.89 bits per heavy atom. The highest BCUT2D eigenvalue weighted by molar-refractivity contribution is 5.79. The van der Waals surface area contributed by atoms with Gasteiger partial charge in [-0.15, -0.1) is 0 Å². The molecule has 1 N–H and O–H groups in total. The van der Waals surface area contributed by atoms with Gasteiger partial charge in [-0.05, 0) is 59.3 Å². The Morgan fingerprint density at radius 1 is 1.15 bits per heavy atom. The Morgan fingerprint density at radius 3 is 2.48 bits per heavy atom. The molecule has 0 fully saturated rings. The topological polar surface area (TPSA) is 49.3 Å². The van der Waals surface area contributed by atoms with Gasteiger partial charge in [0.15, 0.2) is 5.96 Å². The minimum Gasteiger partial charge on any atom is -0.497 e. The molecule has 6 heteroatoms. The SMILES string of the molecule is CCNC(=NCCCCN(C)C(C)C)N(C)Cc1ccc(OC)cc1OC. The molecule has 6 nitrogen and oxygen atoms in total. The molecule has 0 unspecified atom stereocenters. The molecule has 0 aromatic heterocycles. The van der Waals surface area contributed by atoms with Crippen LogP contribution >= 0.6 is 0 Å². The summed E-state index contributed by atoms with van der Waals surface area (Å²) in [5.41, 5.74) is 1.10. The third-order valence-electron chi connectivity index (χ3n) is 4.66. The Bertz CT molecular complexity index is 575. The molecule has 1 aromatic carbocycles. The highest BCUT2D eigenvalue weighted by Gasteiger charge is 2.11. The van der Waals surface area contributed by atoms with E-state index in [0.717, 1.165) is 62.0 Å². The lowest BCUT2D eigenvalue weighted by Gasteiger charge is -2.23. The van der Waals surface area contributed by atoms with Crippen LogP contribution in [0.25, 0.3) is 0 Å². The summed E-state index contributed by atoms with van der Waals surface area (Å²) in [7, 11) is 7.58. The fraction of sp³-hybridized carbons (Fsp3) is 0.667. The smallest absolute Gasteiger partial charge is 0.193 e. The van der Waals surface area contributed by atoms with Crippen molar-refractivity contribution in [2.45, 2.75) is 46.2 Å². The first-order valence-corrected chi connectivity index (χ1v) is 9.83. The van der Waals surface area contributed by atoms with E-state index in [9.17, 15) is 0 Å². The Labute approximate surface area is 165 Å². The van der Waals surface area contributed by atoms with E-state index in [0.29, 0.717) is 6.04 Å². The summed E-state index contributed by atoms with van der Waals surface area (Å²) in [6.45, 7) is 10.1. The maximum Gasteiger partial charge on any atom is 0.193 e. The fourth-order valence-corrected chi connectivity index (χ4v) is 2.70. The molecular weight excluding hydrogens is 340 g/mol. The molecule has 0 spiro atoms. The molecule has 0 aliphatic heterocycles. The van der Waals surface area contributed by atoms with Gasteiger partial charge in [-0.1, -0.05) is 0 Å². The summed E-state index contributed by atoms with van der Waals surface area (Å²) in [5, 5.41) is 3.38. The van der Waals surface area contributed by atoms with Crippen molar-refractivity contribution in [2.75, 3.05) is 47.9 Å². The lowest BCUT2D eigenvalue weighted by molar-refractivity contribution is 0.269. The van der Waals surface area contributed by atoms with Crippen LogP contribution in [0.2, 0.25) is 0 Å². The van der Waals surface area contributed by atoms with Crippen molar-refractivity contribution in [2.24, 2.45) is 4.99 Å². The number of aliphatic imine (C=N–C) groups is 1. The van der Waals surface area contributed by atoms with Crippen LogP contribution in [0.3, 0.4) is 0 Å². The van der Waals surface area contributed by atoms with E-state index in [1.807, 2.05) is 18.2 Å². The number of rotatable bonds is 11. The first kappa shape index (κ1) is 23.1. The Hall–Kier alpha value is -1.95. The van der Waals surface area contributed by atoms with Crippen molar-refractivity contribution in [3.8, 4) is 11.5 Å². The van der Waals surface area contributed by atoms with Gasteiger partial charge in [-0.25, -0.2) is 0 Å². The molecule has 1 rings (SSSR count). The molecule has 0 amide bonds. The van der Waals surface area contributed by atoms with E-state index in [2.05, 4.69) is 50.0 Å². The van der Waals surface area contributed by atoms with Crippen LogP contribution in [0.15, 0.2) is 23.2 Å². The molecule has 0 saturated heterocycles. The minimum atomic E-state index is 0.594. The maximum absolute atomic E-state index is 5.51. The maximum atomic E-state index is 5.51. The van der Waals surface area contributed by atoms with E-state index in [4.69, 9.17) is 14.5 Å². The zero-order chi connectivity index (χ0) is 20.2. The van der Waals surface area contributed by atoms with Crippen LogP contribution in [0.5, 0.6) is 11.5 Å². The number of hydrogen-bond donors (Lipinski definition) is 1. The molecule has 154 valence electrons. The van der Waals surface area contributed by atoms with Crippen molar-refractivity contribution in [3.63, 3.8) is 0 Å². The normalized spacial score (nSPS) is 11.8. The number of guanidine groups is 1. The number of unbranched alkanes of at least 4 members (excludes halogenated alkanes) is 1. The lowest BCUT2D eigenvalue weighted by Crippen LogP contribution is -2.38. The van der Waals surface area contributed by atoms with E-state index in [-0.39, 0.29) is 0 Å². The van der Waals surface area contributed by atoms with E-state index in [1.54, 1.807) is 14.2 Å². The van der Waals surface area contributed by atoms with Gasteiger partial charge < -0.3 is 24.6 Å². The number of methoxy groups -OCH3 is 2. The molecule has 27 heavy (non-hydrogen) atoms. The van der Waals surface area contributed by atoms with Crippen molar-refractivity contribution < 1.29 is 9.47 Å². The van der Waals surface area contributed by atoms with Gasteiger partial charge >= 0.3 is 0 Å². The number of nitrogens with one attached hydrogen (secondary N) is 1. The number of hydrogen-bond acceptors (Lipinski definition) is 4. The summed E-state index contributed by atoms with van der Waals surface area (Å²) in [6.07, 6.45) is 2.25. The standard InChI is InChI=1S/C21H38N4O2/c1-8-22-21(23-13-9-10-14-24(4)17(2)3)25(5)16-18-11-12-19(26-6)15-20(18)27-7/h11-12,15,17H,8-10,13-14,16H2,1-7H3,(H,22,23). The number of benzene rings is 1. The summed E-state index contributed by atoms with van der Waals surface area (Å²) >= 11 is 0. The van der Waals surface area contributed by atoms with Gasteiger partial charge in [-0.3, -0.25) is 4.99 Å². The van der Waals surface area contributed by atoms with Crippen LogP contribution in [0.4, 0.5) is 0 Å². The van der Waals surface area contributed by atoms with Crippen LogP contribution in [-0.4, -0.2) is 69.8 Å². The predicted molar refractivity (Wildman–Crippen MR) is 114 cm³/mol. The summed E-state index contributed by atoms with van der Waals surface area (Å²) in [5.74, 6) is 2.55. The van der Waals surface area contributed by atoms with Gasteiger partial charge in [0, 0.05) is 44.4 Å². The molecular formula is C21H38N4O2. The minimum absolute atomic E-state index is 0.594. The first-order valence-electron chi connectivity index (χ1n) is 9.83. The van der Waals surface area contributed by atoms with E-state index in [1.165, 1.54) is 0 Å². The second-order valence-corrected chi connectivity index (χ2v) is 7.05.